The number of rotatable bonds is 3. The number of aromatic nitrogens is 4. The number of anilines is 1. The van der Waals surface area contributed by atoms with Gasteiger partial charge in [0.25, 0.3) is 5.91 Å². The fourth-order valence-electron chi connectivity index (χ4n) is 3.46. The van der Waals surface area contributed by atoms with Crippen LogP contribution in [0.4, 0.5) is 10.1 Å². The Kier molecular flexibility index (Phi) is 4.21. The first-order valence-electron chi connectivity index (χ1n) is 9.38. The Morgan fingerprint density at radius 3 is 2.50 bits per heavy atom. The molecule has 0 radical (unpaired) electrons. The number of nitrogens with one attached hydrogen (secondary N) is 1. The first-order valence-corrected chi connectivity index (χ1v) is 9.38. The maximum absolute atomic E-state index is 13.1. The number of hydrogen-bond acceptors (Lipinski definition) is 4. The van der Waals surface area contributed by atoms with Gasteiger partial charge in [-0.2, -0.15) is 9.61 Å². The second-order valence-corrected chi connectivity index (χ2v) is 6.93. The molecule has 30 heavy (non-hydrogen) atoms. The molecule has 2 aromatic heterocycles. The van der Waals surface area contributed by atoms with E-state index >= 15 is 0 Å². The lowest BCUT2D eigenvalue weighted by molar-refractivity contribution is 0.102. The first-order chi connectivity index (χ1) is 14.6. The SMILES string of the molecule is Cc1nn2c(-c3cccc(NC(=O)c4ccc(F)cc4)c3)nnc2c2ccccc12. The van der Waals surface area contributed by atoms with E-state index < -0.39 is 0 Å². The maximum Gasteiger partial charge on any atom is 0.255 e. The third kappa shape index (κ3) is 3.06. The summed E-state index contributed by atoms with van der Waals surface area (Å²) in [6.07, 6.45) is 0. The number of halogens is 1. The molecule has 2 heterocycles. The summed E-state index contributed by atoms with van der Waals surface area (Å²) in [5.41, 5.74) is 3.28. The van der Waals surface area contributed by atoms with Crippen molar-refractivity contribution in [3.05, 3.63) is 89.9 Å². The van der Waals surface area contributed by atoms with Crippen molar-refractivity contribution in [3.8, 4) is 11.4 Å². The monoisotopic (exact) mass is 397 g/mol. The van der Waals surface area contributed by atoms with Crippen LogP contribution in [0.2, 0.25) is 0 Å². The summed E-state index contributed by atoms with van der Waals surface area (Å²) in [7, 11) is 0. The molecular formula is C23H16FN5O. The van der Waals surface area contributed by atoms with Crippen LogP contribution in [0.3, 0.4) is 0 Å². The Hall–Kier alpha value is -4.13. The van der Waals surface area contributed by atoms with Gasteiger partial charge in [0.15, 0.2) is 11.5 Å². The lowest BCUT2D eigenvalue weighted by Gasteiger charge is -2.08. The Balaban J connectivity index is 1.53. The molecule has 5 aromatic rings. The molecule has 6 nitrogen and oxygen atoms in total. The Labute approximate surface area is 171 Å². The molecular weight excluding hydrogens is 381 g/mol. The maximum atomic E-state index is 13.1. The van der Waals surface area contributed by atoms with Gasteiger partial charge in [0.2, 0.25) is 0 Å². The number of benzene rings is 3. The van der Waals surface area contributed by atoms with Crippen molar-refractivity contribution in [2.75, 3.05) is 5.32 Å². The standard InChI is InChI=1S/C23H16FN5O/c1-14-19-7-2-3-8-20(19)22-27-26-21(29(22)28-14)16-5-4-6-18(13-16)25-23(30)15-9-11-17(24)12-10-15/h2-13H,1H3,(H,25,30). The number of aryl methyl sites for hydroxylation is 1. The highest BCUT2D eigenvalue weighted by atomic mass is 19.1. The van der Waals surface area contributed by atoms with E-state index in [2.05, 4.69) is 20.6 Å². The molecule has 0 aliphatic rings. The molecule has 1 N–H and O–H groups in total. The number of amides is 1. The summed E-state index contributed by atoms with van der Waals surface area (Å²) in [6, 6.07) is 20.6. The summed E-state index contributed by atoms with van der Waals surface area (Å²) >= 11 is 0. The molecule has 0 saturated heterocycles. The van der Waals surface area contributed by atoms with Crippen molar-refractivity contribution in [2.24, 2.45) is 0 Å². The molecule has 146 valence electrons. The Bertz CT molecular complexity index is 1410. The smallest absolute Gasteiger partial charge is 0.255 e. The number of nitrogens with zero attached hydrogens (tertiary/aromatic N) is 4. The highest BCUT2D eigenvalue weighted by Gasteiger charge is 2.14. The van der Waals surface area contributed by atoms with E-state index in [4.69, 9.17) is 0 Å². The van der Waals surface area contributed by atoms with Gasteiger partial charge in [-0.3, -0.25) is 4.79 Å². The molecule has 3 aromatic carbocycles. The molecule has 0 unspecified atom stereocenters. The van der Waals surface area contributed by atoms with E-state index in [1.165, 1.54) is 24.3 Å². The normalized spacial score (nSPS) is 11.1. The van der Waals surface area contributed by atoms with Crippen LogP contribution in [0.25, 0.3) is 27.8 Å². The molecule has 1 amide bonds. The molecule has 7 heteroatoms. The molecule has 0 bridgehead atoms. The fourth-order valence-corrected chi connectivity index (χ4v) is 3.46. The van der Waals surface area contributed by atoms with Crippen molar-refractivity contribution in [1.82, 2.24) is 19.8 Å². The molecule has 0 aliphatic heterocycles. The summed E-state index contributed by atoms with van der Waals surface area (Å²) in [5.74, 6) is -0.127. The zero-order valence-corrected chi connectivity index (χ0v) is 16.0. The van der Waals surface area contributed by atoms with Crippen molar-refractivity contribution in [2.45, 2.75) is 6.92 Å². The fraction of sp³-hybridized carbons (Fsp3) is 0.0435. The average molecular weight is 397 g/mol. The summed E-state index contributed by atoms with van der Waals surface area (Å²) in [4.78, 5) is 12.4. The number of carbonyl (C=O) groups excluding carboxylic acids is 1. The minimum absolute atomic E-state index is 0.321. The summed E-state index contributed by atoms with van der Waals surface area (Å²) in [6.45, 7) is 1.95. The van der Waals surface area contributed by atoms with E-state index in [-0.39, 0.29) is 11.7 Å². The predicted octanol–water partition coefficient (Wildman–Crippen LogP) is 4.64. The third-order valence-corrected chi connectivity index (χ3v) is 4.93. The molecule has 0 spiro atoms. The zero-order valence-electron chi connectivity index (χ0n) is 16.0. The molecule has 0 saturated carbocycles. The topological polar surface area (TPSA) is 72.2 Å². The van der Waals surface area contributed by atoms with Gasteiger partial charge in [-0.15, -0.1) is 10.2 Å². The van der Waals surface area contributed by atoms with Gasteiger partial charge in [0.1, 0.15) is 5.82 Å². The van der Waals surface area contributed by atoms with Gasteiger partial charge in [0.05, 0.1) is 5.69 Å². The number of hydrogen-bond donors (Lipinski definition) is 1. The molecule has 0 atom stereocenters. The van der Waals surface area contributed by atoms with E-state index in [1.54, 1.807) is 10.6 Å². The van der Waals surface area contributed by atoms with Gasteiger partial charge in [0, 0.05) is 27.6 Å². The summed E-state index contributed by atoms with van der Waals surface area (Å²) in [5, 5.41) is 18.2. The van der Waals surface area contributed by atoms with Crippen LogP contribution >= 0.6 is 0 Å². The quantitative estimate of drug-likeness (QED) is 0.481. The highest BCUT2D eigenvalue weighted by Crippen LogP contribution is 2.26. The second kappa shape index (κ2) is 7.04. The van der Waals surface area contributed by atoms with Gasteiger partial charge < -0.3 is 5.32 Å². The highest BCUT2D eigenvalue weighted by molar-refractivity contribution is 6.04. The van der Waals surface area contributed by atoms with E-state index in [9.17, 15) is 9.18 Å². The van der Waals surface area contributed by atoms with Gasteiger partial charge >= 0.3 is 0 Å². The van der Waals surface area contributed by atoms with Crippen LogP contribution in [0.1, 0.15) is 16.1 Å². The van der Waals surface area contributed by atoms with E-state index in [0.29, 0.717) is 22.7 Å². The number of fused-ring (bicyclic) bond motifs is 3. The summed E-state index contributed by atoms with van der Waals surface area (Å²) < 4.78 is 14.8. The van der Waals surface area contributed by atoms with Crippen LogP contribution in [0, 0.1) is 12.7 Å². The minimum atomic E-state index is -0.387. The minimum Gasteiger partial charge on any atom is -0.322 e. The van der Waals surface area contributed by atoms with Crippen LogP contribution in [-0.2, 0) is 0 Å². The van der Waals surface area contributed by atoms with Gasteiger partial charge in [-0.25, -0.2) is 4.39 Å². The van der Waals surface area contributed by atoms with Gasteiger partial charge in [-0.05, 0) is 43.3 Å². The second-order valence-electron chi connectivity index (χ2n) is 6.93. The van der Waals surface area contributed by atoms with Gasteiger partial charge in [-0.1, -0.05) is 36.4 Å². The van der Waals surface area contributed by atoms with Crippen LogP contribution in [0.15, 0.2) is 72.8 Å². The van der Waals surface area contributed by atoms with Crippen LogP contribution in [-0.4, -0.2) is 25.7 Å². The average Bonchev–Trinajstić information content (AvgIpc) is 3.18. The van der Waals surface area contributed by atoms with Crippen molar-refractivity contribution < 1.29 is 9.18 Å². The molecule has 5 rings (SSSR count). The zero-order chi connectivity index (χ0) is 20.7. The first kappa shape index (κ1) is 17.9. The lowest BCUT2D eigenvalue weighted by atomic mass is 10.1. The Morgan fingerprint density at radius 1 is 0.933 bits per heavy atom. The third-order valence-electron chi connectivity index (χ3n) is 4.93. The Morgan fingerprint density at radius 2 is 1.70 bits per heavy atom. The lowest BCUT2D eigenvalue weighted by Crippen LogP contribution is -2.11. The van der Waals surface area contributed by atoms with Crippen molar-refractivity contribution >= 4 is 28.0 Å². The molecule has 0 fully saturated rings. The predicted molar refractivity (Wildman–Crippen MR) is 113 cm³/mol. The van der Waals surface area contributed by atoms with E-state index in [0.717, 1.165) is 22.0 Å². The molecule has 0 aliphatic carbocycles. The van der Waals surface area contributed by atoms with Crippen molar-refractivity contribution in [1.29, 1.82) is 0 Å². The van der Waals surface area contributed by atoms with Crippen LogP contribution < -0.4 is 5.32 Å². The van der Waals surface area contributed by atoms with Crippen molar-refractivity contribution in [3.63, 3.8) is 0 Å². The van der Waals surface area contributed by atoms with E-state index in [1.807, 2.05) is 49.4 Å². The van der Waals surface area contributed by atoms with Crippen LogP contribution in [0.5, 0.6) is 0 Å². The largest absolute Gasteiger partial charge is 0.322 e. The number of carbonyl (C=O) groups is 1.